The lowest BCUT2D eigenvalue weighted by atomic mass is 9.79. The summed E-state index contributed by atoms with van der Waals surface area (Å²) in [5.41, 5.74) is 8.42. The van der Waals surface area contributed by atoms with Crippen molar-refractivity contribution < 1.29 is 0 Å². The van der Waals surface area contributed by atoms with Gasteiger partial charge in [0.2, 0.25) is 0 Å². The lowest BCUT2D eigenvalue weighted by molar-refractivity contribution is 0.468. The minimum absolute atomic E-state index is 0.0829. The number of benzene rings is 1. The Balaban J connectivity index is 3.15. The molecule has 2 heteroatoms. The van der Waals surface area contributed by atoms with Crippen LogP contribution in [0.15, 0.2) is 24.3 Å². The van der Waals surface area contributed by atoms with Gasteiger partial charge in [-0.15, -0.1) is 0 Å². The van der Waals surface area contributed by atoms with Gasteiger partial charge in [0.1, 0.15) is 0 Å². The maximum atomic E-state index is 5.85. The summed E-state index contributed by atoms with van der Waals surface area (Å²) in [6.07, 6.45) is 1.06. The van der Waals surface area contributed by atoms with Gasteiger partial charge in [-0.3, -0.25) is 0 Å². The number of hydrogen-bond acceptors (Lipinski definition) is 2. The van der Waals surface area contributed by atoms with Crippen molar-refractivity contribution in [2.24, 2.45) is 5.73 Å². The van der Waals surface area contributed by atoms with E-state index in [9.17, 15) is 0 Å². The highest BCUT2D eigenvalue weighted by Crippen LogP contribution is 2.31. The molecule has 0 aliphatic carbocycles. The Bertz CT molecular complexity index is 290. The van der Waals surface area contributed by atoms with Crippen molar-refractivity contribution >= 4 is 5.69 Å². The molecule has 0 saturated heterocycles. The molecule has 3 N–H and O–H groups in total. The van der Waals surface area contributed by atoms with E-state index in [1.54, 1.807) is 0 Å². The third-order valence-corrected chi connectivity index (χ3v) is 3.08. The highest BCUT2D eigenvalue weighted by atomic mass is 14.8. The van der Waals surface area contributed by atoms with Crippen LogP contribution < -0.4 is 11.1 Å². The maximum Gasteiger partial charge on any atom is 0.0376 e. The van der Waals surface area contributed by atoms with E-state index in [1.165, 1.54) is 11.3 Å². The van der Waals surface area contributed by atoms with Gasteiger partial charge in [-0.25, -0.2) is 0 Å². The van der Waals surface area contributed by atoms with Crippen LogP contribution in [-0.4, -0.2) is 13.6 Å². The summed E-state index contributed by atoms with van der Waals surface area (Å²) in [6, 6.07) is 8.36. The van der Waals surface area contributed by atoms with E-state index in [2.05, 4.69) is 37.4 Å². The molecule has 0 saturated carbocycles. The number of nitrogens with one attached hydrogen (secondary N) is 1. The van der Waals surface area contributed by atoms with Crippen LogP contribution in [0.5, 0.6) is 0 Å². The summed E-state index contributed by atoms with van der Waals surface area (Å²) in [4.78, 5) is 0. The van der Waals surface area contributed by atoms with Crippen molar-refractivity contribution in [1.82, 2.24) is 0 Å². The van der Waals surface area contributed by atoms with Gasteiger partial charge < -0.3 is 11.1 Å². The van der Waals surface area contributed by atoms with Gasteiger partial charge in [0.15, 0.2) is 0 Å². The van der Waals surface area contributed by atoms with Crippen molar-refractivity contribution in [3.8, 4) is 0 Å². The molecule has 0 amide bonds. The number of anilines is 1. The molecular weight excluding hydrogens is 172 g/mol. The van der Waals surface area contributed by atoms with E-state index in [-0.39, 0.29) is 5.41 Å². The van der Waals surface area contributed by atoms with Gasteiger partial charge in [0.05, 0.1) is 0 Å². The zero-order valence-electron chi connectivity index (χ0n) is 9.30. The van der Waals surface area contributed by atoms with E-state index in [4.69, 9.17) is 5.73 Å². The van der Waals surface area contributed by atoms with Crippen LogP contribution in [0.4, 0.5) is 5.69 Å². The first-order valence-electron chi connectivity index (χ1n) is 5.15. The quantitative estimate of drug-likeness (QED) is 0.768. The first-order chi connectivity index (χ1) is 6.68. The van der Waals surface area contributed by atoms with E-state index >= 15 is 0 Å². The summed E-state index contributed by atoms with van der Waals surface area (Å²) >= 11 is 0. The van der Waals surface area contributed by atoms with E-state index < -0.39 is 0 Å². The van der Waals surface area contributed by atoms with E-state index in [0.717, 1.165) is 6.42 Å². The van der Waals surface area contributed by atoms with E-state index in [1.807, 2.05) is 13.1 Å². The molecule has 1 atom stereocenters. The minimum atomic E-state index is 0.0829. The Hall–Kier alpha value is -1.02. The summed E-state index contributed by atoms with van der Waals surface area (Å²) < 4.78 is 0. The predicted molar refractivity (Wildman–Crippen MR) is 62.7 cm³/mol. The summed E-state index contributed by atoms with van der Waals surface area (Å²) in [5, 5.41) is 3.21. The zero-order chi connectivity index (χ0) is 10.6. The Morgan fingerprint density at radius 1 is 1.36 bits per heavy atom. The monoisotopic (exact) mass is 192 g/mol. The first kappa shape index (κ1) is 11.1. The molecule has 1 aromatic rings. The van der Waals surface area contributed by atoms with Gasteiger partial charge in [0.25, 0.3) is 0 Å². The molecule has 2 nitrogen and oxygen atoms in total. The van der Waals surface area contributed by atoms with Gasteiger partial charge in [-0.2, -0.15) is 0 Å². The van der Waals surface area contributed by atoms with Crippen molar-refractivity contribution in [3.05, 3.63) is 29.8 Å². The second kappa shape index (κ2) is 4.47. The molecule has 0 aliphatic heterocycles. The molecule has 14 heavy (non-hydrogen) atoms. The largest absolute Gasteiger partial charge is 0.388 e. The molecule has 0 spiro atoms. The molecule has 0 bridgehead atoms. The Labute approximate surface area is 86.5 Å². The lowest BCUT2D eigenvalue weighted by Gasteiger charge is -2.29. The van der Waals surface area contributed by atoms with Crippen LogP contribution in [0, 0.1) is 0 Å². The van der Waals surface area contributed by atoms with Gasteiger partial charge >= 0.3 is 0 Å². The van der Waals surface area contributed by atoms with Crippen LogP contribution in [0.25, 0.3) is 0 Å². The molecule has 1 rings (SSSR count). The molecule has 0 aromatic heterocycles. The smallest absolute Gasteiger partial charge is 0.0376 e. The summed E-state index contributed by atoms with van der Waals surface area (Å²) in [7, 11) is 1.95. The third-order valence-electron chi connectivity index (χ3n) is 3.08. The standard InChI is InChI=1S/C12H20N2/c1-4-12(2,9-13)10-7-5-6-8-11(10)14-3/h5-8,14H,4,9,13H2,1-3H3. The summed E-state index contributed by atoms with van der Waals surface area (Å²) in [6.45, 7) is 5.07. The average molecular weight is 192 g/mol. The minimum Gasteiger partial charge on any atom is -0.388 e. The van der Waals surface area contributed by atoms with Gasteiger partial charge in [0, 0.05) is 24.7 Å². The molecule has 0 radical (unpaired) electrons. The fourth-order valence-corrected chi connectivity index (χ4v) is 1.67. The van der Waals surface area contributed by atoms with Crippen LogP contribution in [-0.2, 0) is 5.41 Å². The fraction of sp³-hybridized carbons (Fsp3) is 0.500. The van der Waals surface area contributed by atoms with Crippen molar-refractivity contribution in [2.45, 2.75) is 25.7 Å². The Morgan fingerprint density at radius 3 is 2.50 bits per heavy atom. The molecule has 0 fully saturated rings. The van der Waals surface area contributed by atoms with Crippen molar-refractivity contribution in [2.75, 3.05) is 18.9 Å². The Kier molecular flexibility index (Phi) is 3.53. The number of rotatable bonds is 4. The van der Waals surface area contributed by atoms with E-state index in [0.29, 0.717) is 6.54 Å². The van der Waals surface area contributed by atoms with Crippen molar-refractivity contribution in [1.29, 1.82) is 0 Å². The van der Waals surface area contributed by atoms with Gasteiger partial charge in [-0.05, 0) is 18.1 Å². The fourth-order valence-electron chi connectivity index (χ4n) is 1.67. The van der Waals surface area contributed by atoms with Crippen molar-refractivity contribution in [3.63, 3.8) is 0 Å². The zero-order valence-corrected chi connectivity index (χ0v) is 9.30. The second-order valence-electron chi connectivity index (χ2n) is 3.91. The normalized spacial score (nSPS) is 14.9. The molecule has 0 aliphatic rings. The SMILES string of the molecule is CCC(C)(CN)c1ccccc1NC. The Morgan fingerprint density at radius 2 is 2.00 bits per heavy atom. The maximum absolute atomic E-state index is 5.85. The van der Waals surface area contributed by atoms with Crippen LogP contribution in [0.3, 0.4) is 0 Å². The second-order valence-corrected chi connectivity index (χ2v) is 3.91. The van der Waals surface area contributed by atoms with Crippen LogP contribution in [0.2, 0.25) is 0 Å². The number of para-hydroxylation sites is 1. The number of hydrogen-bond donors (Lipinski definition) is 2. The molecule has 0 heterocycles. The lowest BCUT2D eigenvalue weighted by Crippen LogP contribution is -2.31. The van der Waals surface area contributed by atoms with Gasteiger partial charge in [-0.1, -0.05) is 32.0 Å². The highest BCUT2D eigenvalue weighted by molar-refractivity contribution is 5.54. The number of nitrogens with two attached hydrogens (primary N) is 1. The average Bonchev–Trinajstić information content (AvgIpc) is 2.28. The molecule has 1 unspecified atom stereocenters. The molecule has 78 valence electrons. The van der Waals surface area contributed by atoms with Crippen LogP contribution >= 0.6 is 0 Å². The first-order valence-corrected chi connectivity index (χ1v) is 5.15. The third kappa shape index (κ3) is 1.90. The topological polar surface area (TPSA) is 38.0 Å². The molecular formula is C12H20N2. The predicted octanol–water partition coefficient (Wildman–Crippen LogP) is 2.35. The molecule has 1 aromatic carbocycles. The van der Waals surface area contributed by atoms with Crippen LogP contribution in [0.1, 0.15) is 25.8 Å². The summed E-state index contributed by atoms with van der Waals surface area (Å²) in [5.74, 6) is 0. The highest BCUT2D eigenvalue weighted by Gasteiger charge is 2.24.